The van der Waals surface area contributed by atoms with E-state index < -0.39 is 0 Å². The number of hydrogen-bond donors (Lipinski definition) is 0. The van der Waals surface area contributed by atoms with E-state index in [1.54, 1.807) is 7.11 Å². The number of esters is 1. The van der Waals surface area contributed by atoms with Crippen LogP contribution in [-0.4, -0.2) is 75.9 Å². The van der Waals surface area contributed by atoms with Crippen molar-refractivity contribution in [1.29, 1.82) is 0 Å². The Kier molecular flexibility index (Phi) is 14.8. The van der Waals surface area contributed by atoms with E-state index in [4.69, 9.17) is 9.47 Å². The number of ether oxygens (including phenoxy) is 2. The third kappa shape index (κ3) is 11.9. The molecule has 0 radical (unpaired) electrons. The first-order chi connectivity index (χ1) is 21.0. The van der Waals surface area contributed by atoms with Gasteiger partial charge in [0.25, 0.3) is 0 Å². The fraction of sp³-hybridized carbons (Fsp3) is 0.658. The van der Waals surface area contributed by atoms with Crippen LogP contribution in [-0.2, 0) is 25.1 Å². The zero-order valence-corrected chi connectivity index (χ0v) is 28.5. The van der Waals surface area contributed by atoms with Gasteiger partial charge in [0.2, 0.25) is 0 Å². The summed E-state index contributed by atoms with van der Waals surface area (Å²) in [5.74, 6) is 0.718. The van der Waals surface area contributed by atoms with E-state index in [1.807, 2.05) is 12.1 Å². The first-order valence-corrected chi connectivity index (χ1v) is 16.9. The number of carbonyl (C=O) groups is 1. The molecular formula is C38H59FN2O3. The number of halogens is 1. The predicted molar refractivity (Wildman–Crippen MR) is 180 cm³/mol. The van der Waals surface area contributed by atoms with Gasteiger partial charge in [0.1, 0.15) is 5.82 Å². The highest BCUT2D eigenvalue weighted by Gasteiger charge is 2.28. The minimum absolute atomic E-state index is 0.0207. The molecule has 2 heterocycles. The van der Waals surface area contributed by atoms with E-state index >= 15 is 0 Å². The smallest absolute Gasteiger partial charge is 0.308 e. The summed E-state index contributed by atoms with van der Waals surface area (Å²) < 4.78 is 23.0. The molecule has 0 aromatic heterocycles. The second kappa shape index (κ2) is 18.0. The van der Waals surface area contributed by atoms with E-state index in [0.29, 0.717) is 0 Å². The van der Waals surface area contributed by atoms with Crippen molar-refractivity contribution in [2.24, 2.45) is 11.8 Å². The molecule has 0 saturated carbocycles. The molecule has 2 aliphatic heterocycles. The maximum atomic E-state index is 13.0. The van der Waals surface area contributed by atoms with Crippen molar-refractivity contribution in [2.75, 3.05) is 60.1 Å². The molecule has 246 valence electrons. The topological polar surface area (TPSA) is 42.0 Å². The molecule has 2 aromatic carbocycles. The Morgan fingerprint density at radius 1 is 0.773 bits per heavy atom. The molecule has 6 heteroatoms. The summed E-state index contributed by atoms with van der Waals surface area (Å²) in [6.07, 6.45) is 9.32. The third-order valence-corrected chi connectivity index (χ3v) is 10.1. The van der Waals surface area contributed by atoms with Crippen molar-refractivity contribution in [1.82, 2.24) is 9.80 Å². The molecule has 0 amide bonds. The molecule has 2 aliphatic rings. The number of piperidine rings is 2. The van der Waals surface area contributed by atoms with Crippen molar-refractivity contribution < 1.29 is 18.7 Å². The van der Waals surface area contributed by atoms with Crippen LogP contribution in [0.3, 0.4) is 0 Å². The highest BCUT2D eigenvalue weighted by molar-refractivity contribution is 5.72. The van der Waals surface area contributed by atoms with E-state index in [1.165, 1.54) is 82.1 Å². The molecule has 2 saturated heterocycles. The van der Waals surface area contributed by atoms with Gasteiger partial charge < -0.3 is 19.3 Å². The van der Waals surface area contributed by atoms with Gasteiger partial charge in [-0.25, -0.2) is 4.39 Å². The van der Waals surface area contributed by atoms with Gasteiger partial charge in [-0.05, 0) is 131 Å². The summed E-state index contributed by atoms with van der Waals surface area (Å²) in [4.78, 5) is 16.6. The Hall–Kier alpha value is -2.28. The molecule has 5 nitrogen and oxygen atoms in total. The zero-order chi connectivity index (χ0) is 32.0. The SMILES string of the molecule is COC(=O)C1CCN(CCC(C)(C)c2ccc(F)cc2)CC1.COCCCC1CCN(CCC(C)(C)c2ccccc2)CC1. The summed E-state index contributed by atoms with van der Waals surface area (Å²) in [6, 6.07) is 17.7. The molecular weight excluding hydrogens is 551 g/mol. The second-order valence-electron chi connectivity index (χ2n) is 14.2. The summed E-state index contributed by atoms with van der Waals surface area (Å²) in [5.41, 5.74) is 2.92. The van der Waals surface area contributed by atoms with Gasteiger partial charge in [-0.2, -0.15) is 0 Å². The summed E-state index contributed by atoms with van der Waals surface area (Å²) in [5, 5.41) is 0. The Bertz CT molecular complexity index is 1070. The van der Waals surface area contributed by atoms with Crippen molar-refractivity contribution >= 4 is 5.97 Å². The van der Waals surface area contributed by atoms with E-state index in [9.17, 15) is 9.18 Å². The van der Waals surface area contributed by atoms with Crippen molar-refractivity contribution in [3.63, 3.8) is 0 Å². The highest BCUT2D eigenvalue weighted by atomic mass is 19.1. The largest absolute Gasteiger partial charge is 0.469 e. The van der Waals surface area contributed by atoms with Crippen LogP contribution in [0.2, 0.25) is 0 Å². The third-order valence-electron chi connectivity index (χ3n) is 10.1. The second-order valence-corrected chi connectivity index (χ2v) is 14.2. The normalized spacial score (nSPS) is 17.6. The predicted octanol–water partition coefficient (Wildman–Crippen LogP) is 7.87. The Morgan fingerprint density at radius 3 is 1.77 bits per heavy atom. The average Bonchev–Trinajstić information content (AvgIpc) is 3.04. The highest BCUT2D eigenvalue weighted by Crippen LogP contribution is 2.30. The number of rotatable bonds is 13. The fourth-order valence-electron chi connectivity index (χ4n) is 6.53. The number of benzene rings is 2. The minimum atomic E-state index is -0.190. The molecule has 0 unspecified atom stereocenters. The quantitative estimate of drug-likeness (QED) is 0.171. The molecule has 2 aromatic rings. The average molecular weight is 611 g/mol. The Morgan fingerprint density at radius 2 is 1.27 bits per heavy atom. The molecule has 0 bridgehead atoms. The molecule has 2 fully saturated rings. The molecule has 4 rings (SSSR count). The van der Waals surface area contributed by atoms with Crippen LogP contribution in [0.1, 0.15) is 90.2 Å². The van der Waals surface area contributed by atoms with Gasteiger partial charge in [-0.3, -0.25) is 4.79 Å². The molecule has 0 aliphatic carbocycles. The van der Waals surface area contributed by atoms with Gasteiger partial charge in [0.05, 0.1) is 13.0 Å². The van der Waals surface area contributed by atoms with Gasteiger partial charge in [-0.1, -0.05) is 70.2 Å². The fourth-order valence-corrected chi connectivity index (χ4v) is 6.53. The maximum absolute atomic E-state index is 13.0. The lowest BCUT2D eigenvalue weighted by atomic mass is 9.81. The van der Waals surface area contributed by atoms with Crippen LogP contribution in [0, 0.1) is 17.7 Å². The first-order valence-electron chi connectivity index (χ1n) is 16.9. The van der Waals surface area contributed by atoms with E-state index in [-0.39, 0.29) is 28.5 Å². The lowest BCUT2D eigenvalue weighted by Gasteiger charge is -2.34. The van der Waals surface area contributed by atoms with Gasteiger partial charge in [0, 0.05) is 13.7 Å². The van der Waals surface area contributed by atoms with Crippen molar-refractivity contribution in [2.45, 2.75) is 89.9 Å². The van der Waals surface area contributed by atoms with Crippen molar-refractivity contribution in [3.8, 4) is 0 Å². The van der Waals surface area contributed by atoms with Crippen LogP contribution in [0.15, 0.2) is 54.6 Å². The zero-order valence-electron chi connectivity index (χ0n) is 28.5. The lowest BCUT2D eigenvalue weighted by Crippen LogP contribution is -2.38. The van der Waals surface area contributed by atoms with Crippen LogP contribution in [0.4, 0.5) is 4.39 Å². The summed E-state index contributed by atoms with van der Waals surface area (Å²) >= 11 is 0. The Balaban J connectivity index is 0.000000240. The van der Waals surface area contributed by atoms with Crippen LogP contribution < -0.4 is 0 Å². The van der Waals surface area contributed by atoms with Crippen LogP contribution in [0.25, 0.3) is 0 Å². The molecule has 0 atom stereocenters. The maximum Gasteiger partial charge on any atom is 0.308 e. The number of nitrogens with zero attached hydrogens (tertiary/aromatic N) is 2. The number of methoxy groups -OCH3 is 2. The van der Waals surface area contributed by atoms with Gasteiger partial charge in [-0.15, -0.1) is 0 Å². The van der Waals surface area contributed by atoms with Crippen LogP contribution >= 0.6 is 0 Å². The standard InChI is InChI=1S/C20H33NO.C18H26FNO2/c1-20(2,19-9-5-4-6-10-19)13-16-21-14-11-18(12-15-21)8-7-17-22-3;1-18(2,15-4-6-16(19)7-5-15)10-13-20-11-8-14(9-12-20)17(21)22-3/h4-6,9-10,18H,7-8,11-17H2,1-3H3;4-7,14H,8-13H2,1-3H3. The van der Waals surface area contributed by atoms with Crippen molar-refractivity contribution in [3.05, 3.63) is 71.5 Å². The molecule has 44 heavy (non-hydrogen) atoms. The summed E-state index contributed by atoms with van der Waals surface area (Å²) in [6.45, 7) is 16.7. The molecule has 0 N–H and O–H groups in total. The van der Waals surface area contributed by atoms with E-state index in [2.05, 4.69) is 67.8 Å². The van der Waals surface area contributed by atoms with Crippen LogP contribution in [0.5, 0.6) is 0 Å². The van der Waals surface area contributed by atoms with Gasteiger partial charge >= 0.3 is 5.97 Å². The first kappa shape index (κ1) is 36.2. The lowest BCUT2D eigenvalue weighted by molar-refractivity contribution is -0.147. The van der Waals surface area contributed by atoms with Gasteiger partial charge in [0.15, 0.2) is 0 Å². The molecule has 0 spiro atoms. The Labute approximate surface area is 267 Å². The minimum Gasteiger partial charge on any atom is -0.469 e. The van der Waals surface area contributed by atoms with E-state index in [0.717, 1.165) is 51.4 Å². The number of hydrogen-bond acceptors (Lipinski definition) is 5. The number of carbonyl (C=O) groups excluding carboxylic acids is 1. The monoisotopic (exact) mass is 610 g/mol. The summed E-state index contributed by atoms with van der Waals surface area (Å²) in [7, 11) is 3.26. The number of likely N-dealkylation sites (tertiary alicyclic amines) is 2.